The van der Waals surface area contributed by atoms with Gasteiger partial charge in [0.25, 0.3) is 0 Å². The molecular formula is C14H19N3OS. The third kappa shape index (κ3) is 4.29. The van der Waals surface area contributed by atoms with Crippen LogP contribution in [0, 0.1) is 0 Å². The molecule has 0 saturated carbocycles. The number of hydrogen-bond donors (Lipinski definition) is 1. The zero-order valence-electron chi connectivity index (χ0n) is 11.3. The van der Waals surface area contributed by atoms with Crippen LogP contribution in [0.5, 0.6) is 5.75 Å². The van der Waals surface area contributed by atoms with Crippen LogP contribution in [0.25, 0.3) is 0 Å². The topological polar surface area (TPSA) is 47.0 Å². The van der Waals surface area contributed by atoms with Crippen LogP contribution < -0.4 is 10.1 Å². The normalized spacial score (nSPS) is 10.6. The first-order chi connectivity index (χ1) is 9.31. The lowest BCUT2D eigenvalue weighted by Crippen LogP contribution is -2.13. The standard InChI is InChI=1S/C14H19N3OS/c1-3-7-15-10-14-17-16-13(19-14)9-11-5-4-6-12(8-11)18-2/h4-6,8,15H,3,7,9-10H2,1-2H3. The molecule has 0 unspecified atom stereocenters. The summed E-state index contributed by atoms with van der Waals surface area (Å²) < 4.78 is 5.22. The fourth-order valence-electron chi connectivity index (χ4n) is 1.76. The zero-order valence-corrected chi connectivity index (χ0v) is 12.2. The summed E-state index contributed by atoms with van der Waals surface area (Å²) in [5, 5.41) is 13.9. The van der Waals surface area contributed by atoms with Crippen LogP contribution in [0.4, 0.5) is 0 Å². The Labute approximate surface area is 117 Å². The van der Waals surface area contributed by atoms with Gasteiger partial charge in [0.05, 0.1) is 7.11 Å². The van der Waals surface area contributed by atoms with Gasteiger partial charge in [-0.2, -0.15) is 0 Å². The Balaban J connectivity index is 1.95. The Bertz CT molecular complexity index is 513. The number of methoxy groups -OCH3 is 1. The van der Waals surface area contributed by atoms with Gasteiger partial charge in [-0.1, -0.05) is 30.4 Å². The quantitative estimate of drug-likeness (QED) is 0.790. The molecule has 0 aliphatic rings. The number of nitrogens with zero attached hydrogens (tertiary/aromatic N) is 2. The molecule has 0 radical (unpaired) electrons. The number of benzene rings is 1. The van der Waals surface area contributed by atoms with Crippen LogP contribution in [-0.2, 0) is 13.0 Å². The summed E-state index contributed by atoms with van der Waals surface area (Å²) in [5.74, 6) is 0.881. The van der Waals surface area contributed by atoms with Crippen molar-refractivity contribution in [1.29, 1.82) is 0 Å². The van der Waals surface area contributed by atoms with E-state index in [1.165, 1.54) is 5.56 Å². The minimum absolute atomic E-state index is 0.808. The van der Waals surface area contributed by atoms with Crippen molar-refractivity contribution in [3.8, 4) is 5.75 Å². The molecular weight excluding hydrogens is 258 g/mol. The van der Waals surface area contributed by atoms with Gasteiger partial charge in [0.15, 0.2) is 0 Å². The van der Waals surface area contributed by atoms with Crippen LogP contribution >= 0.6 is 11.3 Å². The highest BCUT2D eigenvalue weighted by Crippen LogP contribution is 2.18. The summed E-state index contributed by atoms with van der Waals surface area (Å²) >= 11 is 1.67. The van der Waals surface area contributed by atoms with Crippen LogP contribution in [-0.4, -0.2) is 23.9 Å². The smallest absolute Gasteiger partial charge is 0.131 e. The molecule has 2 aromatic rings. The number of hydrogen-bond acceptors (Lipinski definition) is 5. The van der Waals surface area contributed by atoms with Crippen LogP contribution in [0.3, 0.4) is 0 Å². The van der Waals surface area contributed by atoms with Crippen LogP contribution in [0.1, 0.15) is 28.9 Å². The molecule has 1 N–H and O–H groups in total. The highest BCUT2D eigenvalue weighted by Gasteiger charge is 2.05. The van der Waals surface area contributed by atoms with E-state index in [-0.39, 0.29) is 0 Å². The molecule has 0 aliphatic carbocycles. The van der Waals surface area contributed by atoms with Gasteiger partial charge in [-0.25, -0.2) is 0 Å². The third-order valence-corrected chi connectivity index (χ3v) is 3.62. The highest BCUT2D eigenvalue weighted by molar-refractivity contribution is 7.11. The molecule has 5 heteroatoms. The first-order valence-electron chi connectivity index (χ1n) is 6.46. The van der Waals surface area contributed by atoms with E-state index in [1.54, 1.807) is 18.4 Å². The lowest BCUT2D eigenvalue weighted by Gasteiger charge is -2.01. The molecule has 0 atom stereocenters. The Morgan fingerprint density at radius 2 is 2.11 bits per heavy atom. The minimum atomic E-state index is 0.808. The Hall–Kier alpha value is -1.46. The van der Waals surface area contributed by atoms with Gasteiger partial charge in [-0.3, -0.25) is 0 Å². The summed E-state index contributed by atoms with van der Waals surface area (Å²) in [4.78, 5) is 0. The van der Waals surface area contributed by atoms with Crippen molar-refractivity contribution < 1.29 is 4.74 Å². The van der Waals surface area contributed by atoms with Crippen molar-refractivity contribution in [2.45, 2.75) is 26.3 Å². The molecule has 1 aromatic carbocycles. The molecule has 102 valence electrons. The maximum atomic E-state index is 5.22. The minimum Gasteiger partial charge on any atom is -0.497 e. The van der Waals surface area contributed by atoms with Crippen molar-refractivity contribution in [1.82, 2.24) is 15.5 Å². The second-order valence-corrected chi connectivity index (χ2v) is 5.44. The van der Waals surface area contributed by atoms with E-state index in [2.05, 4.69) is 28.5 Å². The molecule has 0 bridgehead atoms. The largest absolute Gasteiger partial charge is 0.497 e. The van der Waals surface area contributed by atoms with E-state index in [0.29, 0.717) is 0 Å². The molecule has 1 aromatic heterocycles. The van der Waals surface area contributed by atoms with Gasteiger partial charge in [0.2, 0.25) is 0 Å². The maximum absolute atomic E-state index is 5.22. The summed E-state index contributed by atoms with van der Waals surface area (Å²) in [6.07, 6.45) is 1.94. The van der Waals surface area contributed by atoms with Crippen molar-refractivity contribution in [3.05, 3.63) is 39.8 Å². The van der Waals surface area contributed by atoms with Crippen LogP contribution in [0.15, 0.2) is 24.3 Å². The molecule has 0 saturated heterocycles. The number of ether oxygens (including phenoxy) is 1. The zero-order chi connectivity index (χ0) is 13.5. The average Bonchev–Trinajstić information content (AvgIpc) is 2.87. The molecule has 19 heavy (non-hydrogen) atoms. The van der Waals surface area contributed by atoms with Crippen molar-refractivity contribution in [3.63, 3.8) is 0 Å². The molecule has 4 nitrogen and oxygen atoms in total. The van der Waals surface area contributed by atoms with E-state index in [9.17, 15) is 0 Å². The lowest BCUT2D eigenvalue weighted by atomic mass is 10.1. The highest BCUT2D eigenvalue weighted by atomic mass is 32.1. The van der Waals surface area contributed by atoms with E-state index in [4.69, 9.17) is 4.74 Å². The fourth-order valence-corrected chi connectivity index (χ4v) is 2.61. The van der Waals surface area contributed by atoms with Gasteiger partial charge in [-0.05, 0) is 30.7 Å². The van der Waals surface area contributed by atoms with Crippen molar-refractivity contribution in [2.24, 2.45) is 0 Å². The number of aromatic nitrogens is 2. The van der Waals surface area contributed by atoms with Crippen LogP contribution in [0.2, 0.25) is 0 Å². The van der Waals surface area contributed by atoms with E-state index in [1.807, 2.05) is 18.2 Å². The Morgan fingerprint density at radius 3 is 2.89 bits per heavy atom. The molecule has 0 spiro atoms. The molecule has 1 heterocycles. The fraction of sp³-hybridized carbons (Fsp3) is 0.429. The SMILES string of the molecule is CCCNCc1nnc(Cc2cccc(OC)c2)s1. The summed E-state index contributed by atoms with van der Waals surface area (Å²) in [6.45, 7) is 3.98. The maximum Gasteiger partial charge on any atom is 0.131 e. The van der Waals surface area contributed by atoms with E-state index < -0.39 is 0 Å². The van der Waals surface area contributed by atoms with Crippen molar-refractivity contribution in [2.75, 3.05) is 13.7 Å². The Kier molecular flexibility index (Phi) is 5.30. The van der Waals surface area contributed by atoms with E-state index in [0.717, 1.165) is 41.7 Å². The van der Waals surface area contributed by atoms with Gasteiger partial charge in [0.1, 0.15) is 15.8 Å². The first-order valence-corrected chi connectivity index (χ1v) is 7.28. The molecule has 0 fully saturated rings. The molecule has 0 amide bonds. The average molecular weight is 277 g/mol. The lowest BCUT2D eigenvalue weighted by molar-refractivity contribution is 0.414. The molecule has 0 aliphatic heterocycles. The number of rotatable bonds is 7. The number of nitrogens with one attached hydrogen (secondary N) is 1. The summed E-state index contributed by atoms with van der Waals surface area (Å²) in [7, 11) is 1.68. The van der Waals surface area contributed by atoms with Gasteiger partial charge in [-0.15, -0.1) is 10.2 Å². The second kappa shape index (κ2) is 7.21. The predicted octanol–water partition coefficient (Wildman–Crippen LogP) is 2.64. The first kappa shape index (κ1) is 14.0. The summed E-state index contributed by atoms with van der Waals surface area (Å²) in [5.41, 5.74) is 1.20. The van der Waals surface area contributed by atoms with Gasteiger partial charge >= 0.3 is 0 Å². The monoisotopic (exact) mass is 277 g/mol. The third-order valence-electron chi connectivity index (χ3n) is 2.70. The van der Waals surface area contributed by atoms with Gasteiger partial charge in [0, 0.05) is 13.0 Å². The second-order valence-electron chi connectivity index (χ2n) is 4.29. The van der Waals surface area contributed by atoms with Crippen molar-refractivity contribution >= 4 is 11.3 Å². The van der Waals surface area contributed by atoms with E-state index >= 15 is 0 Å². The summed E-state index contributed by atoms with van der Waals surface area (Å²) in [6, 6.07) is 8.07. The van der Waals surface area contributed by atoms with Gasteiger partial charge < -0.3 is 10.1 Å². The Morgan fingerprint density at radius 1 is 1.26 bits per heavy atom. The molecule has 2 rings (SSSR count). The predicted molar refractivity (Wildman–Crippen MR) is 77.7 cm³/mol.